The molecule has 2 nitrogen and oxygen atoms in total. The Kier molecular flexibility index (Phi) is 3.91. The fourth-order valence-electron chi connectivity index (χ4n) is 0.350. The van der Waals surface area contributed by atoms with Crippen LogP contribution in [0.3, 0.4) is 0 Å². The molecule has 0 saturated heterocycles. The minimum Gasteiger partial charge on any atom is -0.296 e. The van der Waals surface area contributed by atoms with Gasteiger partial charge in [-0.15, -0.1) is 0 Å². The summed E-state index contributed by atoms with van der Waals surface area (Å²) in [6, 6.07) is 0.394. The maximum atomic E-state index is 5.39. The van der Waals surface area contributed by atoms with Gasteiger partial charge in [-0.25, -0.2) is 0 Å². The molecule has 62 valence electrons. The second kappa shape index (κ2) is 3.94. The molecule has 0 amide bonds. The third-order valence-corrected chi connectivity index (χ3v) is 1.42. The molecular formula is C8H19NO. The van der Waals surface area contributed by atoms with Gasteiger partial charge in [0.25, 0.3) is 0 Å². The summed E-state index contributed by atoms with van der Waals surface area (Å²) in [5, 5.41) is 0. The van der Waals surface area contributed by atoms with Gasteiger partial charge in [-0.2, -0.15) is 5.48 Å². The third kappa shape index (κ3) is 4.77. The van der Waals surface area contributed by atoms with E-state index < -0.39 is 0 Å². The van der Waals surface area contributed by atoms with E-state index in [-0.39, 0.29) is 5.60 Å². The number of hydrogen-bond donors (Lipinski definition) is 1. The molecule has 1 N–H and O–H groups in total. The smallest absolute Gasteiger partial charge is 0.0838 e. The van der Waals surface area contributed by atoms with Gasteiger partial charge < -0.3 is 0 Å². The van der Waals surface area contributed by atoms with Crippen LogP contribution >= 0.6 is 0 Å². The van der Waals surface area contributed by atoms with Crippen molar-refractivity contribution in [2.75, 3.05) is 0 Å². The summed E-state index contributed by atoms with van der Waals surface area (Å²) in [7, 11) is 0. The first kappa shape index (κ1) is 9.92. The average Bonchev–Trinajstić information content (AvgIpc) is 1.85. The minimum absolute atomic E-state index is 0.0374. The second-order valence-electron chi connectivity index (χ2n) is 3.49. The van der Waals surface area contributed by atoms with Crippen molar-refractivity contribution in [2.24, 2.45) is 0 Å². The number of nitrogens with one attached hydrogen (secondary N) is 1. The van der Waals surface area contributed by atoms with Crippen molar-refractivity contribution in [2.45, 2.75) is 52.7 Å². The van der Waals surface area contributed by atoms with E-state index in [0.29, 0.717) is 6.04 Å². The molecule has 0 aliphatic heterocycles. The topological polar surface area (TPSA) is 21.3 Å². The van der Waals surface area contributed by atoms with Gasteiger partial charge >= 0.3 is 0 Å². The van der Waals surface area contributed by atoms with Gasteiger partial charge in [0.05, 0.1) is 5.60 Å². The molecule has 0 aliphatic rings. The van der Waals surface area contributed by atoms with Crippen LogP contribution in [-0.4, -0.2) is 11.6 Å². The molecule has 0 spiro atoms. The molecule has 0 radical (unpaired) electrons. The van der Waals surface area contributed by atoms with E-state index in [0.717, 1.165) is 6.42 Å². The van der Waals surface area contributed by atoms with Crippen LogP contribution in [0.1, 0.15) is 41.0 Å². The Morgan fingerprint density at radius 2 is 1.90 bits per heavy atom. The summed E-state index contributed by atoms with van der Waals surface area (Å²) >= 11 is 0. The summed E-state index contributed by atoms with van der Waals surface area (Å²) in [4.78, 5) is 5.39. The van der Waals surface area contributed by atoms with E-state index in [2.05, 4.69) is 40.1 Å². The van der Waals surface area contributed by atoms with Gasteiger partial charge in [0, 0.05) is 6.04 Å². The number of hydroxylamine groups is 1. The van der Waals surface area contributed by atoms with Gasteiger partial charge in [0.1, 0.15) is 0 Å². The Hall–Kier alpha value is -0.0800. The molecule has 0 bridgehead atoms. The fourth-order valence-corrected chi connectivity index (χ4v) is 0.350. The lowest BCUT2D eigenvalue weighted by Gasteiger charge is -2.24. The van der Waals surface area contributed by atoms with Crippen molar-refractivity contribution >= 4 is 0 Å². The van der Waals surface area contributed by atoms with Gasteiger partial charge in [-0.3, -0.25) is 4.84 Å². The zero-order valence-corrected chi connectivity index (χ0v) is 7.69. The molecule has 0 fully saturated rings. The highest BCUT2D eigenvalue weighted by molar-refractivity contribution is 4.63. The van der Waals surface area contributed by atoms with Crippen molar-refractivity contribution in [3.8, 4) is 0 Å². The van der Waals surface area contributed by atoms with Crippen molar-refractivity contribution in [1.82, 2.24) is 5.48 Å². The summed E-state index contributed by atoms with van der Waals surface area (Å²) in [5.41, 5.74) is 2.90. The van der Waals surface area contributed by atoms with E-state index in [1.807, 2.05) is 0 Å². The molecule has 0 aromatic rings. The summed E-state index contributed by atoms with van der Waals surface area (Å²) in [6.45, 7) is 10.4. The van der Waals surface area contributed by atoms with Gasteiger partial charge in [-0.1, -0.05) is 6.92 Å². The fraction of sp³-hybridized carbons (Fsp3) is 1.00. The van der Waals surface area contributed by atoms with E-state index in [1.165, 1.54) is 0 Å². The molecule has 0 saturated carbocycles. The monoisotopic (exact) mass is 145 g/mol. The first-order valence-corrected chi connectivity index (χ1v) is 3.91. The van der Waals surface area contributed by atoms with Crippen LogP contribution in [0.25, 0.3) is 0 Å². The van der Waals surface area contributed by atoms with Crippen molar-refractivity contribution in [3.63, 3.8) is 0 Å². The van der Waals surface area contributed by atoms with Crippen LogP contribution in [0.2, 0.25) is 0 Å². The Labute approximate surface area is 63.9 Å². The molecule has 0 atom stereocenters. The normalized spacial score (nSPS) is 12.6. The zero-order valence-electron chi connectivity index (χ0n) is 7.69. The van der Waals surface area contributed by atoms with Crippen LogP contribution in [0.15, 0.2) is 0 Å². The number of rotatable bonds is 4. The summed E-state index contributed by atoms with van der Waals surface area (Å²) < 4.78 is 0. The second-order valence-corrected chi connectivity index (χ2v) is 3.49. The molecule has 0 heterocycles. The van der Waals surface area contributed by atoms with E-state index in [9.17, 15) is 0 Å². The Morgan fingerprint density at radius 1 is 1.40 bits per heavy atom. The molecule has 0 rings (SSSR count). The predicted octanol–water partition coefficient (Wildman–Crippen LogP) is 2.10. The first-order chi connectivity index (χ1) is 4.48. The van der Waals surface area contributed by atoms with Crippen LogP contribution in [0.5, 0.6) is 0 Å². The highest BCUT2D eigenvalue weighted by atomic mass is 16.7. The van der Waals surface area contributed by atoms with Gasteiger partial charge in [-0.05, 0) is 34.1 Å². The first-order valence-electron chi connectivity index (χ1n) is 3.91. The van der Waals surface area contributed by atoms with Crippen LogP contribution in [0.4, 0.5) is 0 Å². The molecule has 0 aromatic heterocycles. The van der Waals surface area contributed by atoms with Crippen molar-refractivity contribution in [3.05, 3.63) is 0 Å². The lowest BCUT2D eigenvalue weighted by atomic mass is 10.1. The Balaban J connectivity index is 3.46. The third-order valence-electron chi connectivity index (χ3n) is 1.42. The molecular weight excluding hydrogens is 126 g/mol. The van der Waals surface area contributed by atoms with Gasteiger partial charge in [0.15, 0.2) is 0 Å². The summed E-state index contributed by atoms with van der Waals surface area (Å²) in [6.07, 6.45) is 1.02. The highest BCUT2D eigenvalue weighted by Gasteiger charge is 2.15. The van der Waals surface area contributed by atoms with Crippen molar-refractivity contribution < 1.29 is 4.84 Å². The predicted molar refractivity (Wildman–Crippen MR) is 43.7 cm³/mol. The average molecular weight is 145 g/mol. The molecule has 10 heavy (non-hydrogen) atoms. The maximum absolute atomic E-state index is 5.39. The Morgan fingerprint density at radius 3 is 2.20 bits per heavy atom. The largest absolute Gasteiger partial charge is 0.296 e. The zero-order chi connectivity index (χ0) is 8.20. The lowest BCUT2D eigenvalue weighted by molar-refractivity contribution is -0.0963. The standard InChI is InChI=1S/C8H19NO/c1-6-8(4,5)10-9-7(2)3/h7,9H,6H2,1-5H3. The Bertz CT molecular complexity index is 89.3. The van der Waals surface area contributed by atoms with E-state index in [1.54, 1.807) is 0 Å². The quantitative estimate of drug-likeness (QED) is 0.612. The van der Waals surface area contributed by atoms with Crippen molar-refractivity contribution in [1.29, 1.82) is 0 Å². The van der Waals surface area contributed by atoms with Crippen LogP contribution in [0, 0.1) is 0 Å². The van der Waals surface area contributed by atoms with Crippen LogP contribution in [-0.2, 0) is 4.84 Å². The molecule has 0 aromatic carbocycles. The van der Waals surface area contributed by atoms with E-state index in [4.69, 9.17) is 4.84 Å². The molecule has 0 unspecified atom stereocenters. The lowest BCUT2D eigenvalue weighted by Crippen LogP contribution is -2.35. The molecule has 2 heteroatoms. The minimum atomic E-state index is -0.0374. The van der Waals surface area contributed by atoms with E-state index >= 15 is 0 Å². The number of hydrogen-bond acceptors (Lipinski definition) is 2. The van der Waals surface area contributed by atoms with Crippen LogP contribution < -0.4 is 5.48 Å². The maximum Gasteiger partial charge on any atom is 0.0838 e. The summed E-state index contributed by atoms with van der Waals surface area (Å²) in [5.74, 6) is 0. The molecule has 0 aliphatic carbocycles. The SMILES string of the molecule is CCC(C)(C)ONC(C)C. The highest BCUT2D eigenvalue weighted by Crippen LogP contribution is 2.11. The van der Waals surface area contributed by atoms with Gasteiger partial charge in [0.2, 0.25) is 0 Å².